The van der Waals surface area contributed by atoms with Gasteiger partial charge in [-0.2, -0.15) is 0 Å². The fourth-order valence-corrected chi connectivity index (χ4v) is 1.68. The molecule has 0 radical (unpaired) electrons. The quantitative estimate of drug-likeness (QED) is 0.610. The molecule has 0 N–H and O–H groups in total. The van der Waals surface area contributed by atoms with E-state index in [-0.39, 0.29) is 17.4 Å². The summed E-state index contributed by atoms with van der Waals surface area (Å²) in [6.07, 6.45) is 1.69. The molecule has 1 unspecified atom stereocenters. The zero-order chi connectivity index (χ0) is 12.0. The van der Waals surface area contributed by atoms with Gasteiger partial charge >= 0.3 is 5.97 Å². The maximum atomic E-state index is 11.2. The summed E-state index contributed by atoms with van der Waals surface area (Å²) < 4.78 is 5.32. The minimum absolute atomic E-state index is 0.129. The van der Waals surface area contributed by atoms with Crippen molar-refractivity contribution < 1.29 is 9.53 Å². The predicted molar refractivity (Wildman–Crippen MR) is 68.7 cm³/mol. The molecule has 1 atom stereocenters. The van der Waals surface area contributed by atoms with E-state index in [2.05, 4.69) is 35.0 Å². The molecule has 1 rings (SSSR count). The van der Waals surface area contributed by atoms with E-state index < -0.39 is 0 Å². The van der Waals surface area contributed by atoms with Crippen LogP contribution in [0.1, 0.15) is 37.5 Å². The summed E-state index contributed by atoms with van der Waals surface area (Å²) in [4.78, 5) is 11.2. The van der Waals surface area contributed by atoms with Crippen LogP contribution in [0.2, 0.25) is 0 Å². The Balaban J connectivity index is 2.74. The minimum Gasteiger partial charge on any atom is -0.457 e. The summed E-state index contributed by atoms with van der Waals surface area (Å²) in [5, 5.41) is 0.247. The highest BCUT2D eigenvalue weighted by atomic mass is 79.9. The number of carbonyl (C=O) groups is 1. The lowest BCUT2D eigenvalue weighted by Gasteiger charge is -2.16. The third-order valence-electron chi connectivity index (χ3n) is 2.51. The van der Waals surface area contributed by atoms with Crippen LogP contribution in [0.3, 0.4) is 0 Å². The van der Waals surface area contributed by atoms with Crippen molar-refractivity contribution in [3.63, 3.8) is 0 Å². The molecule has 16 heavy (non-hydrogen) atoms. The molecule has 2 nitrogen and oxygen atoms in total. The maximum Gasteiger partial charge on any atom is 0.317 e. The van der Waals surface area contributed by atoms with Gasteiger partial charge in [-0.25, -0.2) is 0 Å². The molecule has 1 aromatic rings. The number of benzene rings is 1. The fraction of sp³-hybridized carbons (Fsp3) is 0.462. The van der Waals surface area contributed by atoms with Crippen LogP contribution in [-0.2, 0) is 16.0 Å². The van der Waals surface area contributed by atoms with Crippen LogP contribution in [0.5, 0.6) is 0 Å². The first kappa shape index (κ1) is 13.2. The van der Waals surface area contributed by atoms with Gasteiger partial charge in [0.15, 0.2) is 0 Å². The molecule has 1 aromatic carbocycles. The van der Waals surface area contributed by atoms with Gasteiger partial charge in [0, 0.05) is 0 Å². The van der Waals surface area contributed by atoms with Crippen molar-refractivity contribution in [2.24, 2.45) is 0 Å². The number of hydrogen-bond donors (Lipinski definition) is 0. The van der Waals surface area contributed by atoms with Crippen molar-refractivity contribution in [1.29, 1.82) is 0 Å². The van der Waals surface area contributed by atoms with Crippen LogP contribution in [-0.4, -0.2) is 11.3 Å². The Morgan fingerprint density at radius 2 is 1.94 bits per heavy atom. The lowest BCUT2D eigenvalue weighted by atomic mass is 10.0. The van der Waals surface area contributed by atoms with E-state index in [0.29, 0.717) is 0 Å². The average molecular weight is 285 g/mol. The molecular weight excluding hydrogens is 268 g/mol. The van der Waals surface area contributed by atoms with Crippen molar-refractivity contribution in [2.75, 3.05) is 5.33 Å². The monoisotopic (exact) mass is 284 g/mol. The van der Waals surface area contributed by atoms with Crippen molar-refractivity contribution in [2.45, 2.75) is 32.8 Å². The molecule has 0 fully saturated rings. The van der Waals surface area contributed by atoms with Gasteiger partial charge in [-0.05, 0) is 24.0 Å². The molecule has 0 amide bonds. The average Bonchev–Trinajstić information content (AvgIpc) is 2.35. The highest BCUT2D eigenvalue weighted by Crippen LogP contribution is 2.21. The third-order valence-corrected chi connectivity index (χ3v) is 2.97. The fourth-order valence-electron chi connectivity index (χ4n) is 1.55. The Labute approximate surface area is 105 Å². The number of halogens is 1. The highest BCUT2D eigenvalue weighted by molar-refractivity contribution is 9.09. The first-order valence-corrected chi connectivity index (χ1v) is 6.67. The van der Waals surface area contributed by atoms with E-state index in [1.807, 2.05) is 19.1 Å². The molecule has 0 heterocycles. The summed E-state index contributed by atoms with van der Waals surface area (Å²) in [7, 11) is 0. The van der Waals surface area contributed by atoms with Gasteiger partial charge in [0.1, 0.15) is 11.4 Å². The third kappa shape index (κ3) is 3.63. The summed E-state index contributed by atoms with van der Waals surface area (Å²) in [5.74, 6) is -0.216. The lowest BCUT2D eigenvalue weighted by Crippen LogP contribution is -2.11. The van der Waals surface area contributed by atoms with Crippen LogP contribution in [0.25, 0.3) is 0 Å². The van der Waals surface area contributed by atoms with E-state index in [4.69, 9.17) is 4.74 Å². The van der Waals surface area contributed by atoms with Crippen LogP contribution >= 0.6 is 15.9 Å². The molecule has 0 aliphatic carbocycles. The van der Waals surface area contributed by atoms with Gasteiger partial charge in [0.25, 0.3) is 0 Å². The minimum atomic E-state index is -0.216. The van der Waals surface area contributed by atoms with Crippen LogP contribution in [0.15, 0.2) is 24.3 Å². The van der Waals surface area contributed by atoms with Crippen LogP contribution in [0.4, 0.5) is 0 Å². The van der Waals surface area contributed by atoms with Gasteiger partial charge < -0.3 is 4.74 Å². The maximum absolute atomic E-state index is 11.2. The normalized spacial score (nSPS) is 12.2. The van der Waals surface area contributed by atoms with Gasteiger partial charge in [0.05, 0.1) is 0 Å². The first-order valence-electron chi connectivity index (χ1n) is 5.55. The Morgan fingerprint density at radius 3 is 2.38 bits per heavy atom. The van der Waals surface area contributed by atoms with Crippen LogP contribution < -0.4 is 0 Å². The molecule has 0 bridgehead atoms. The number of alkyl halides is 1. The van der Waals surface area contributed by atoms with Gasteiger partial charge in [-0.15, -0.1) is 0 Å². The van der Waals surface area contributed by atoms with E-state index in [9.17, 15) is 4.79 Å². The zero-order valence-corrected chi connectivity index (χ0v) is 11.3. The Hall–Kier alpha value is -0.830. The van der Waals surface area contributed by atoms with E-state index in [1.54, 1.807) is 0 Å². The van der Waals surface area contributed by atoms with E-state index >= 15 is 0 Å². The summed E-state index contributed by atoms with van der Waals surface area (Å²) in [6, 6.07) is 8.24. The topological polar surface area (TPSA) is 26.3 Å². The number of hydrogen-bond acceptors (Lipinski definition) is 2. The number of esters is 1. The number of carbonyl (C=O) groups excluding carboxylic acids is 1. The SMILES string of the molecule is CCc1ccc(C(CC)OC(=O)CBr)cc1. The number of ether oxygens (including phenoxy) is 1. The van der Waals surface area contributed by atoms with Gasteiger partial charge in [0.2, 0.25) is 0 Å². The number of rotatable bonds is 5. The predicted octanol–water partition coefficient (Wildman–Crippen LogP) is 3.64. The van der Waals surface area contributed by atoms with Crippen molar-refractivity contribution in [1.82, 2.24) is 0 Å². The Kier molecular flexibility index (Phi) is 5.53. The Bertz CT molecular complexity index is 332. The summed E-state index contributed by atoms with van der Waals surface area (Å²) in [6.45, 7) is 4.14. The molecule has 0 aliphatic heterocycles. The lowest BCUT2D eigenvalue weighted by molar-refractivity contribution is -0.146. The molecule has 0 aromatic heterocycles. The standard InChI is InChI=1S/C13H17BrO2/c1-3-10-5-7-11(8-6-10)12(4-2)16-13(15)9-14/h5-8,12H,3-4,9H2,1-2H3. The van der Waals surface area contributed by atoms with Crippen molar-refractivity contribution >= 4 is 21.9 Å². The highest BCUT2D eigenvalue weighted by Gasteiger charge is 2.13. The molecule has 0 saturated heterocycles. The second kappa shape index (κ2) is 6.69. The van der Waals surface area contributed by atoms with E-state index in [1.165, 1.54) is 5.56 Å². The van der Waals surface area contributed by atoms with Crippen molar-refractivity contribution in [3.05, 3.63) is 35.4 Å². The molecular formula is C13H17BrO2. The molecule has 0 aliphatic rings. The first-order chi connectivity index (χ1) is 7.71. The smallest absolute Gasteiger partial charge is 0.317 e. The van der Waals surface area contributed by atoms with Gasteiger partial charge in [-0.1, -0.05) is 54.0 Å². The zero-order valence-electron chi connectivity index (χ0n) is 9.70. The second-order valence-electron chi connectivity index (χ2n) is 3.62. The second-order valence-corrected chi connectivity index (χ2v) is 4.18. The molecule has 88 valence electrons. The van der Waals surface area contributed by atoms with Gasteiger partial charge in [-0.3, -0.25) is 4.79 Å². The molecule has 0 spiro atoms. The largest absolute Gasteiger partial charge is 0.457 e. The molecule has 3 heteroatoms. The molecule has 0 saturated carbocycles. The Morgan fingerprint density at radius 1 is 1.31 bits per heavy atom. The van der Waals surface area contributed by atoms with E-state index in [0.717, 1.165) is 18.4 Å². The van der Waals surface area contributed by atoms with Crippen molar-refractivity contribution in [3.8, 4) is 0 Å². The summed E-state index contributed by atoms with van der Waals surface area (Å²) >= 11 is 3.09. The number of aryl methyl sites for hydroxylation is 1. The van der Waals surface area contributed by atoms with Crippen LogP contribution in [0, 0.1) is 0 Å². The summed E-state index contributed by atoms with van der Waals surface area (Å²) in [5.41, 5.74) is 2.36.